The SMILES string of the molecule is CCSCCN1CCC2(CCNC2)C1. The molecule has 0 aromatic carbocycles. The molecular weight excluding hydrogens is 192 g/mol. The highest BCUT2D eigenvalue weighted by atomic mass is 32.2. The predicted octanol–water partition coefficient (Wildman–Crippen LogP) is 1.42. The minimum atomic E-state index is 0.664. The zero-order valence-electron chi connectivity index (χ0n) is 9.22. The highest BCUT2D eigenvalue weighted by Crippen LogP contribution is 2.35. The Balaban J connectivity index is 1.71. The lowest BCUT2D eigenvalue weighted by molar-refractivity contribution is 0.285. The van der Waals surface area contributed by atoms with Crippen LogP contribution in [0.15, 0.2) is 0 Å². The lowest BCUT2D eigenvalue weighted by atomic mass is 9.87. The van der Waals surface area contributed by atoms with E-state index in [2.05, 4.69) is 28.9 Å². The summed E-state index contributed by atoms with van der Waals surface area (Å²) < 4.78 is 0. The van der Waals surface area contributed by atoms with Crippen LogP contribution < -0.4 is 5.32 Å². The minimum absolute atomic E-state index is 0.664. The Morgan fingerprint density at radius 1 is 1.43 bits per heavy atom. The molecule has 0 aliphatic carbocycles. The topological polar surface area (TPSA) is 15.3 Å². The molecule has 2 aliphatic heterocycles. The van der Waals surface area contributed by atoms with E-state index in [-0.39, 0.29) is 0 Å². The normalized spacial score (nSPS) is 33.2. The number of hydrogen-bond acceptors (Lipinski definition) is 3. The molecule has 0 bridgehead atoms. The first-order valence-corrected chi connectivity index (χ1v) is 7.01. The Morgan fingerprint density at radius 2 is 2.36 bits per heavy atom. The average molecular weight is 214 g/mol. The van der Waals surface area contributed by atoms with Gasteiger partial charge in [-0.25, -0.2) is 0 Å². The van der Waals surface area contributed by atoms with Gasteiger partial charge in [-0.1, -0.05) is 6.92 Å². The number of hydrogen-bond donors (Lipinski definition) is 1. The molecule has 2 saturated heterocycles. The van der Waals surface area contributed by atoms with Crippen molar-refractivity contribution in [1.82, 2.24) is 10.2 Å². The van der Waals surface area contributed by atoms with Crippen molar-refractivity contribution < 1.29 is 0 Å². The zero-order valence-corrected chi connectivity index (χ0v) is 10.0. The summed E-state index contributed by atoms with van der Waals surface area (Å²) in [6, 6.07) is 0. The molecule has 1 unspecified atom stereocenters. The molecule has 1 spiro atoms. The predicted molar refractivity (Wildman–Crippen MR) is 64.0 cm³/mol. The van der Waals surface area contributed by atoms with Crippen LogP contribution in [-0.4, -0.2) is 49.1 Å². The third-order valence-electron chi connectivity index (χ3n) is 3.61. The van der Waals surface area contributed by atoms with E-state index < -0.39 is 0 Å². The van der Waals surface area contributed by atoms with E-state index in [0.717, 1.165) is 0 Å². The van der Waals surface area contributed by atoms with E-state index in [9.17, 15) is 0 Å². The van der Waals surface area contributed by atoms with Crippen LogP contribution in [0.1, 0.15) is 19.8 Å². The van der Waals surface area contributed by atoms with Gasteiger partial charge in [-0.05, 0) is 37.1 Å². The summed E-state index contributed by atoms with van der Waals surface area (Å²) in [6.45, 7) is 8.76. The van der Waals surface area contributed by atoms with Crippen LogP contribution in [0.3, 0.4) is 0 Å². The number of nitrogens with one attached hydrogen (secondary N) is 1. The molecule has 1 N–H and O–H groups in total. The van der Waals surface area contributed by atoms with Gasteiger partial charge in [0.15, 0.2) is 0 Å². The highest BCUT2D eigenvalue weighted by molar-refractivity contribution is 7.99. The number of likely N-dealkylation sites (tertiary alicyclic amines) is 1. The van der Waals surface area contributed by atoms with Crippen LogP contribution in [0.4, 0.5) is 0 Å². The Kier molecular flexibility index (Phi) is 3.74. The second-order valence-electron chi connectivity index (χ2n) is 4.65. The third-order valence-corrected chi connectivity index (χ3v) is 4.48. The van der Waals surface area contributed by atoms with Gasteiger partial charge >= 0.3 is 0 Å². The molecule has 2 nitrogen and oxygen atoms in total. The van der Waals surface area contributed by atoms with Crippen molar-refractivity contribution in [2.24, 2.45) is 5.41 Å². The van der Waals surface area contributed by atoms with Gasteiger partial charge in [0.1, 0.15) is 0 Å². The van der Waals surface area contributed by atoms with Crippen molar-refractivity contribution in [2.45, 2.75) is 19.8 Å². The van der Waals surface area contributed by atoms with Crippen molar-refractivity contribution in [1.29, 1.82) is 0 Å². The molecule has 3 heteroatoms. The molecular formula is C11H22N2S. The number of nitrogens with zero attached hydrogens (tertiary/aromatic N) is 1. The van der Waals surface area contributed by atoms with E-state index >= 15 is 0 Å². The van der Waals surface area contributed by atoms with Crippen molar-refractivity contribution >= 4 is 11.8 Å². The fraction of sp³-hybridized carbons (Fsp3) is 1.00. The van der Waals surface area contributed by atoms with Crippen LogP contribution in [0.5, 0.6) is 0 Å². The maximum Gasteiger partial charge on any atom is 0.00726 e. The lowest BCUT2D eigenvalue weighted by Crippen LogP contribution is -2.30. The van der Waals surface area contributed by atoms with Crippen LogP contribution in [0.2, 0.25) is 0 Å². The van der Waals surface area contributed by atoms with Gasteiger partial charge in [0, 0.05) is 25.4 Å². The largest absolute Gasteiger partial charge is 0.316 e. The summed E-state index contributed by atoms with van der Waals surface area (Å²) in [6.07, 6.45) is 2.83. The number of thioether (sulfide) groups is 1. The summed E-state index contributed by atoms with van der Waals surface area (Å²) in [7, 11) is 0. The second kappa shape index (κ2) is 4.86. The fourth-order valence-electron chi connectivity index (χ4n) is 2.70. The van der Waals surface area contributed by atoms with Gasteiger partial charge in [0.25, 0.3) is 0 Å². The average Bonchev–Trinajstić information content (AvgIpc) is 2.79. The molecule has 2 rings (SSSR count). The molecule has 14 heavy (non-hydrogen) atoms. The van der Waals surface area contributed by atoms with Crippen molar-refractivity contribution in [3.8, 4) is 0 Å². The minimum Gasteiger partial charge on any atom is -0.316 e. The van der Waals surface area contributed by atoms with E-state index in [1.54, 1.807) is 0 Å². The molecule has 1 atom stereocenters. The Hall–Kier alpha value is 0.270. The molecule has 2 fully saturated rings. The third kappa shape index (κ3) is 2.44. The van der Waals surface area contributed by atoms with E-state index in [1.165, 1.54) is 57.1 Å². The summed E-state index contributed by atoms with van der Waals surface area (Å²) in [4.78, 5) is 2.66. The smallest absolute Gasteiger partial charge is 0.00726 e. The van der Waals surface area contributed by atoms with Gasteiger partial charge in [0.2, 0.25) is 0 Å². The standard InChI is InChI=1S/C11H22N2S/c1-2-14-8-7-13-6-4-11(10-13)3-5-12-9-11/h12H,2-10H2,1H3. The molecule has 82 valence electrons. The molecule has 2 aliphatic rings. The van der Waals surface area contributed by atoms with Gasteiger partial charge in [-0.15, -0.1) is 0 Å². The van der Waals surface area contributed by atoms with Gasteiger partial charge < -0.3 is 10.2 Å². The quantitative estimate of drug-likeness (QED) is 0.713. The molecule has 2 heterocycles. The van der Waals surface area contributed by atoms with Crippen LogP contribution >= 0.6 is 11.8 Å². The zero-order chi connectivity index (χ0) is 9.86. The van der Waals surface area contributed by atoms with Crippen molar-refractivity contribution in [2.75, 3.05) is 44.2 Å². The van der Waals surface area contributed by atoms with Crippen LogP contribution in [0, 0.1) is 5.41 Å². The van der Waals surface area contributed by atoms with E-state index in [0.29, 0.717) is 5.41 Å². The molecule has 0 aromatic rings. The van der Waals surface area contributed by atoms with E-state index in [4.69, 9.17) is 0 Å². The maximum atomic E-state index is 3.51. The first-order valence-electron chi connectivity index (χ1n) is 5.85. The monoisotopic (exact) mass is 214 g/mol. The van der Waals surface area contributed by atoms with Crippen LogP contribution in [0.25, 0.3) is 0 Å². The van der Waals surface area contributed by atoms with E-state index in [1.807, 2.05) is 0 Å². The first-order chi connectivity index (χ1) is 6.85. The van der Waals surface area contributed by atoms with Gasteiger partial charge in [-0.3, -0.25) is 0 Å². The van der Waals surface area contributed by atoms with Crippen molar-refractivity contribution in [3.05, 3.63) is 0 Å². The second-order valence-corrected chi connectivity index (χ2v) is 6.04. The first kappa shape index (κ1) is 10.8. The van der Waals surface area contributed by atoms with Crippen LogP contribution in [-0.2, 0) is 0 Å². The molecule has 0 saturated carbocycles. The summed E-state index contributed by atoms with van der Waals surface area (Å²) in [5.41, 5.74) is 0.664. The maximum absolute atomic E-state index is 3.51. The molecule has 0 aromatic heterocycles. The lowest BCUT2D eigenvalue weighted by Gasteiger charge is -2.22. The summed E-state index contributed by atoms with van der Waals surface area (Å²) >= 11 is 2.07. The molecule has 0 amide bonds. The highest BCUT2D eigenvalue weighted by Gasteiger charge is 2.39. The summed E-state index contributed by atoms with van der Waals surface area (Å²) in [5, 5.41) is 3.51. The Morgan fingerprint density at radius 3 is 3.07 bits per heavy atom. The molecule has 0 radical (unpaired) electrons. The Labute approximate surface area is 91.8 Å². The Bertz CT molecular complexity index is 178. The van der Waals surface area contributed by atoms with Crippen molar-refractivity contribution in [3.63, 3.8) is 0 Å². The van der Waals surface area contributed by atoms with Gasteiger partial charge in [-0.2, -0.15) is 11.8 Å². The fourth-order valence-corrected chi connectivity index (χ4v) is 3.38. The summed E-state index contributed by atoms with van der Waals surface area (Å²) in [5.74, 6) is 2.58. The number of rotatable bonds is 4. The van der Waals surface area contributed by atoms with Gasteiger partial charge in [0.05, 0.1) is 0 Å².